The monoisotopic (exact) mass is 218 g/mol. The molecule has 3 nitrogen and oxygen atoms in total. The molecule has 0 fully saturated rings. The van der Waals surface area contributed by atoms with Crippen LogP contribution in [0.3, 0.4) is 0 Å². The topological polar surface area (TPSA) is 45.9 Å². The van der Waals surface area contributed by atoms with Gasteiger partial charge in [-0.05, 0) is 24.3 Å². The Hall–Kier alpha value is -1.79. The van der Waals surface area contributed by atoms with Crippen LogP contribution in [0.15, 0.2) is 24.3 Å². The Kier molecular flexibility index (Phi) is 2.44. The third-order valence-electron chi connectivity index (χ3n) is 2.06. The van der Waals surface area contributed by atoms with Crippen molar-refractivity contribution in [2.75, 3.05) is 7.11 Å². The Balaban J connectivity index is 2.77. The van der Waals surface area contributed by atoms with E-state index in [0.29, 0.717) is 16.5 Å². The molecule has 0 aliphatic carbocycles. The molecule has 4 heteroatoms. The van der Waals surface area contributed by atoms with Crippen LogP contribution >= 0.6 is 11.6 Å². The molecule has 0 saturated carbocycles. The summed E-state index contributed by atoms with van der Waals surface area (Å²) in [5.74, 6) is 0.340. The molecule has 0 radical (unpaired) electrons. The van der Waals surface area contributed by atoms with Gasteiger partial charge in [0.05, 0.1) is 12.6 Å². The number of pyridine rings is 1. The van der Waals surface area contributed by atoms with Gasteiger partial charge in [0, 0.05) is 10.4 Å². The molecule has 1 aromatic carbocycles. The fourth-order valence-electron chi connectivity index (χ4n) is 1.37. The maximum Gasteiger partial charge on any atom is 0.231 e. The summed E-state index contributed by atoms with van der Waals surface area (Å²) in [5, 5.41) is 10.3. The van der Waals surface area contributed by atoms with Gasteiger partial charge in [-0.2, -0.15) is 5.26 Å². The Morgan fingerprint density at radius 1 is 1.40 bits per heavy atom. The van der Waals surface area contributed by atoms with E-state index >= 15 is 0 Å². The molecule has 0 amide bonds. The van der Waals surface area contributed by atoms with Crippen molar-refractivity contribution in [2.45, 2.75) is 0 Å². The molecule has 74 valence electrons. The van der Waals surface area contributed by atoms with Crippen molar-refractivity contribution < 1.29 is 4.74 Å². The average Bonchev–Trinajstić information content (AvgIpc) is 2.27. The summed E-state index contributed by atoms with van der Waals surface area (Å²) >= 11 is 5.85. The molecule has 0 saturated heterocycles. The lowest BCUT2D eigenvalue weighted by Gasteiger charge is -2.03. The molecule has 1 heterocycles. The van der Waals surface area contributed by atoms with E-state index in [1.165, 1.54) is 7.11 Å². The Bertz CT molecular complexity index is 560. The van der Waals surface area contributed by atoms with Crippen LogP contribution in [-0.2, 0) is 0 Å². The van der Waals surface area contributed by atoms with Crippen LogP contribution in [0.1, 0.15) is 5.56 Å². The van der Waals surface area contributed by atoms with Gasteiger partial charge in [-0.15, -0.1) is 0 Å². The highest BCUT2D eigenvalue weighted by Crippen LogP contribution is 2.23. The van der Waals surface area contributed by atoms with Crippen molar-refractivity contribution in [1.82, 2.24) is 4.98 Å². The van der Waals surface area contributed by atoms with Gasteiger partial charge in [0.25, 0.3) is 0 Å². The minimum absolute atomic E-state index is 0.340. The minimum atomic E-state index is 0.340. The van der Waals surface area contributed by atoms with Crippen molar-refractivity contribution >= 4 is 22.5 Å². The molecule has 0 atom stereocenters. The van der Waals surface area contributed by atoms with Crippen molar-refractivity contribution in [3.05, 3.63) is 34.9 Å². The van der Waals surface area contributed by atoms with Gasteiger partial charge in [0.15, 0.2) is 0 Å². The maximum atomic E-state index is 8.88. The fourth-order valence-corrected chi connectivity index (χ4v) is 1.55. The zero-order valence-electron chi connectivity index (χ0n) is 7.99. The summed E-state index contributed by atoms with van der Waals surface area (Å²) in [6.45, 7) is 0. The number of methoxy groups -OCH3 is 1. The zero-order valence-corrected chi connectivity index (χ0v) is 8.75. The number of hydrogen-bond acceptors (Lipinski definition) is 3. The van der Waals surface area contributed by atoms with Crippen molar-refractivity contribution in [3.8, 4) is 11.9 Å². The number of nitriles is 1. The van der Waals surface area contributed by atoms with Crippen LogP contribution in [0.2, 0.25) is 5.02 Å². The van der Waals surface area contributed by atoms with E-state index in [2.05, 4.69) is 4.98 Å². The van der Waals surface area contributed by atoms with Gasteiger partial charge < -0.3 is 4.74 Å². The second-order valence-corrected chi connectivity index (χ2v) is 3.43. The first-order valence-electron chi connectivity index (χ1n) is 4.29. The van der Waals surface area contributed by atoms with Gasteiger partial charge >= 0.3 is 0 Å². The number of halogens is 1. The zero-order chi connectivity index (χ0) is 10.8. The maximum absolute atomic E-state index is 8.88. The van der Waals surface area contributed by atoms with Crippen molar-refractivity contribution in [2.24, 2.45) is 0 Å². The molecule has 0 aliphatic heterocycles. The van der Waals surface area contributed by atoms with Gasteiger partial charge in [0.1, 0.15) is 11.6 Å². The van der Waals surface area contributed by atoms with Gasteiger partial charge in [0.2, 0.25) is 5.88 Å². The van der Waals surface area contributed by atoms with E-state index in [0.717, 1.165) is 10.9 Å². The molecule has 1 aromatic heterocycles. The highest BCUT2D eigenvalue weighted by Gasteiger charge is 2.06. The predicted octanol–water partition coefficient (Wildman–Crippen LogP) is 2.77. The molecular weight excluding hydrogens is 212 g/mol. The Morgan fingerprint density at radius 2 is 2.20 bits per heavy atom. The van der Waals surface area contributed by atoms with E-state index < -0.39 is 0 Å². The SMILES string of the molecule is COc1nc2ccc(Cl)cc2cc1C#N. The highest BCUT2D eigenvalue weighted by molar-refractivity contribution is 6.31. The summed E-state index contributed by atoms with van der Waals surface area (Å²) in [7, 11) is 1.49. The summed E-state index contributed by atoms with van der Waals surface area (Å²) in [6.07, 6.45) is 0. The predicted molar refractivity (Wildman–Crippen MR) is 58.0 cm³/mol. The Morgan fingerprint density at radius 3 is 2.87 bits per heavy atom. The lowest BCUT2D eigenvalue weighted by atomic mass is 10.1. The van der Waals surface area contributed by atoms with Gasteiger partial charge in [-0.3, -0.25) is 0 Å². The van der Waals surface area contributed by atoms with E-state index in [1.54, 1.807) is 24.3 Å². The largest absolute Gasteiger partial charge is 0.480 e. The third kappa shape index (κ3) is 1.72. The molecular formula is C11H7ClN2O. The number of aromatic nitrogens is 1. The molecule has 2 aromatic rings. The number of hydrogen-bond donors (Lipinski definition) is 0. The van der Waals surface area contributed by atoms with Gasteiger partial charge in [-0.1, -0.05) is 11.6 Å². The molecule has 15 heavy (non-hydrogen) atoms. The number of nitrogens with zero attached hydrogens (tertiary/aromatic N) is 2. The van der Waals surface area contributed by atoms with Crippen LogP contribution in [-0.4, -0.2) is 12.1 Å². The smallest absolute Gasteiger partial charge is 0.231 e. The van der Waals surface area contributed by atoms with Crippen LogP contribution in [0, 0.1) is 11.3 Å². The summed E-state index contributed by atoms with van der Waals surface area (Å²) < 4.78 is 5.01. The molecule has 2 rings (SSSR count). The number of rotatable bonds is 1. The summed E-state index contributed by atoms with van der Waals surface area (Å²) in [6, 6.07) is 9.06. The second kappa shape index (κ2) is 3.76. The van der Waals surface area contributed by atoms with Crippen LogP contribution in [0.5, 0.6) is 5.88 Å². The quantitative estimate of drug-likeness (QED) is 0.740. The first kappa shape index (κ1) is 9.75. The van der Waals surface area contributed by atoms with Crippen molar-refractivity contribution in [1.29, 1.82) is 5.26 Å². The minimum Gasteiger partial charge on any atom is -0.480 e. The lowest BCUT2D eigenvalue weighted by Crippen LogP contribution is -1.92. The molecule has 0 unspecified atom stereocenters. The first-order valence-corrected chi connectivity index (χ1v) is 4.67. The standard InChI is InChI=1S/C11H7ClN2O/c1-15-11-8(6-13)4-7-5-9(12)2-3-10(7)14-11/h2-5H,1H3. The molecule has 0 bridgehead atoms. The second-order valence-electron chi connectivity index (χ2n) is 2.99. The molecule has 0 spiro atoms. The van der Waals surface area contributed by atoms with Crippen LogP contribution < -0.4 is 4.74 Å². The number of ether oxygens (including phenoxy) is 1. The van der Waals surface area contributed by atoms with E-state index in [4.69, 9.17) is 21.6 Å². The van der Waals surface area contributed by atoms with E-state index in [-0.39, 0.29) is 0 Å². The average molecular weight is 219 g/mol. The third-order valence-corrected chi connectivity index (χ3v) is 2.29. The highest BCUT2D eigenvalue weighted by atomic mass is 35.5. The fraction of sp³-hybridized carbons (Fsp3) is 0.0909. The van der Waals surface area contributed by atoms with Crippen molar-refractivity contribution in [3.63, 3.8) is 0 Å². The molecule has 0 N–H and O–H groups in total. The van der Waals surface area contributed by atoms with Crippen LogP contribution in [0.25, 0.3) is 10.9 Å². The number of benzene rings is 1. The molecule has 0 aliphatic rings. The number of fused-ring (bicyclic) bond motifs is 1. The first-order chi connectivity index (χ1) is 7.24. The lowest BCUT2D eigenvalue weighted by molar-refractivity contribution is 0.398. The van der Waals surface area contributed by atoms with E-state index in [9.17, 15) is 0 Å². The van der Waals surface area contributed by atoms with Crippen LogP contribution in [0.4, 0.5) is 0 Å². The van der Waals surface area contributed by atoms with Gasteiger partial charge in [-0.25, -0.2) is 4.98 Å². The summed E-state index contributed by atoms with van der Waals surface area (Å²) in [4.78, 5) is 4.20. The normalized spacial score (nSPS) is 9.93. The summed E-state index contributed by atoms with van der Waals surface area (Å²) in [5.41, 5.74) is 1.17. The van der Waals surface area contributed by atoms with E-state index in [1.807, 2.05) is 6.07 Å². The Labute approximate surface area is 91.9 Å².